The van der Waals surface area contributed by atoms with Gasteiger partial charge < -0.3 is 39.9 Å². The summed E-state index contributed by atoms with van der Waals surface area (Å²) in [5, 5.41) is 9.61. The van der Waals surface area contributed by atoms with Crippen LogP contribution < -0.4 is 10.6 Å². The summed E-state index contributed by atoms with van der Waals surface area (Å²) in [4.78, 5) is 73.9. The summed E-state index contributed by atoms with van der Waals surface area (Å²) >= 11 is 0. The fourth-order valence-corrected chi connectivity index (χ4v) is 9.98. The summed E-state index contributed by atoms with van der Waals surface area (Å²) in [5.41, 5.74) is 5.84. The van der Waals surface area contributed by atoms with Gasteiger partial charge in [0.25, 0.3) is 0 Å². The maximum atomic E-state index is 14.6. The molecule has 67 heavy (non-hydrogen) atoms. The highest BCUT2D eigenvalue weighted by atomic mass is 19.3. The number of imidazole rings is 2. The number of fused-ring (bicyclic) bond motifs is 6. The zero-order valence-corrected chi connectivity index (χ0v) is 37.4. The molecule has 1 aliphatic carbocycles. The highest BCUT2D eigenvalue weighted by molar-refractivity contribution is 6.07. The molecule has 1 saturated carbocycles. The molecule has 2 aliphatic heterocycles. The number of rotatable bonds is 13. The second-order valence-corrected chi connectivity index (χ2v) is 18.4. The van der Waals surface area contributed by atoms with Crippen LogP contribution in [-0.2, 0) is 23.9 Å². The van der Waals surface area contributed by atoms with Crippen LogP contribution in [0.15, 0.2) is 91.0 Å². The van der Waals surface area contributed by atoms with Crippen molar-refractivity contribution in [3.63, 3.8) is 0 Å². The van der Waals surface area contributed by atoms with Crippen molar-refractivity contribution < 1.29 is 37.4 Å². The highest BCUT2D eigenvalue weighted by Crippen LogP contribution is 2.40. The van der Waals surface area contributed by atoms with Gasteiger partial charge in [-0.1, -0.05) is 80.6 Å². The Bertz CT molecular complexity index is 3020. The van der Waals surface area contributed by atoms with Gasteiger partial charge in [-0.3, -0.25) is 14.4 Å². The van der Waals surface area contributed by atoms with Crippen molar-refractivity contribution >= 4 is 67.4 Å². The molecule has 4 N–H and O–H groups in total. The normalized spacial score (nSPS) is 19.5. The molecule has 10 rings (SSSR count). The third-order valence-corrected chi connectivity index (χ3v) is 13.6. The molecular formula is C51H52F2N8O6. The Morgan fingerprint density at radius 2 is 1.39 bits per heavy atom. The number of aromatic amines is 2. The summed E-state index contributed by atoms with van der Waals surface area (Å²) < 4.78 is 36.0. The Balaban J connectivity index is 0.922. The van der Waals surface area contributed by atoms with Crippen LogP contribution in [0.1, 0.15) is 81.3 Å². The number of aromatic nitrogens is 4. The largest absolute Gasteiger partial charge is 0.453 e. The number of nitrogens with one attached hydrogen (secondary N) is 4. The van der Waals surface area contributed by atoms with Crippen LogP contribution in [0.4, 0.5) is 13.6 Å². The SMILES string of the molecule is COC(=O)NC(C(=O)N1CCC[C@H]1c1nc2ccc3cc(-c4ccc5c(ccc6nc([C@@H]7C[C@H](COC(F)F)CN7C(=O)[C@H](NC(=O)C7CC7)c7ccccc7)[nH]c65)c4)ccc3c2[nH]1)C(C)C. The van der Waals surface area contributed by atoms with Gasteiger partial charge in [0, 0.05) is 35.7 Å². The van der Waals surface area contributed by atoms with E-state index >= 15 is 0 Å². The first-order valence-electron chi connectivity index (χ1n) is 23.0. The summed E-state index contributed by atoms with van der Waals surface area (Å²) in [6.45, 7) is 1.35. The van der Waals surface area contributed by atoms with Crippen LogP contribution in [0, 0.1) is 17.8 Å². The molecule has 2 saturated heterocycles. The topological polar surface area (TPSA) is 175 Å². The molecule has 1 unspecified atom stereocenters. The van der Waals surface area contributed by atoms with E-state index < -0.39 is 30.8 Å². The number of H-pyrrole nitrogens is 2. The van der Waals surface area contributed by atoms with E-state index in [0.29, 0.717) is 35.7 Å². The number of likely N-dealkylation sites (tertiary alicyclic amines) is 2. The van der Waals surface area contributed by atoms with E-state index in [1.54, 1.807) is 17.0 Å². The van der Waals surface area contributed by atoms with Gasteiger partial charge in [-0.2, -0.15) is 8.78 Å². The molecule has 2 aromatic heterocycles. The van der Waals surface area contributed by atoms with Gasteiger partial charge >= 0.3 is 12.7 Å². The van der Waals surface area contributed by atoms with Crippen LogP contribution in [0.25, 0.3) is 54.7 Å². The minimum atomic E-state index is -2.94. The van der Waals surface area contributed by atoms with Crippen molar-refractivity contribution in [2.24, 2.45) is 17.8 Å². The molecule has 7 aromatic rings. The number of hydrogen-bond acceptors (Lipinski definition) is 8. The molecule has 5 atom stereocenters. The number of methoxy groups -OCH3 is 1. The van der Waals surface area contributed by atoms with Gasteiger partial charge in [0.1, 0.15) is 23.7 Å². The smallest absolute Gasteiger partial charge is 0.407 e. The number of benzene rings is 5. The number of alkyl halides is 2. The van der Waals surface area contributed by atoms with Crippen molar-refractivity contribution in [3.8, 4) is 11.1 Å². The van der Waals surface area contributed by atoms with E-state index in [-0.39, 0.29) is 54.7 Å². The summed E-state index contributed by atoms with van der Waals surface area (Å²) in [6, 6.07) is 27.2. The van der Waals surface area contributed by atoms with Gasteiger partial charge in [0.05, 0.1) is 47.9 Å². The Morgan fingerprint density at radius 1 is 0.761 bits per heavy atom. The molecule has 4 heterocycles. The molecule has 3 aliphatic rings. The minimum Gasteiger partial charge on any atom is -0.453 e. The monoisotopic (exact) mass is 910 g/mol. The summed E-state index contributed by atoms with van der Waals surface area (Å²) in [7, 11) is 1.28. The summed E-state index contributed by atoms with van der Waals surface area (Å²) in [6.07, 6.45) is 2.83. The number of hydrogen-bond donors (Lipinski definition) is 4. The van der Waals surface area contributed by atoms with Crippen molar-refractivity contribution in [2.45, 2.75) is 76.7 Å². The molecule has 0 radical (unpaired) electrons. The molecule has 4 amide bonds. The molecule has 16 heteroatoms. The van der Waals surface area contributed by atoms with E-state index in [2.05, 4.69) is 63.1 Å². The van der Waals surface area contributed by atoms with Gasteiger partial charge in [-0.05, 0) is 89.8 Å². The molecular weight excluding hydrogens is 859 g/mol. The fourth-order valence-electron chi connectivity index (χ4n) is 9.98. The number of carbonyl (C=O) groups is 4. The molecule has 346 valence electrons. The molecule has 3 fully saturated rings. The van der Waals surface area contributed by atoms with E-state index in [0.717, 1.165) is 74.9 Å². The van der Waals surface area contributed by atoms with Crippen molar-refractivity contribution in [1.82, 2.24) is 40.4 Å². The molecule has 14 nitrogen and oxygen atoms in total. The highest BCUT2D eigenvalue weighted by Gasteiger charge is 2.43. The van der Waals surface area contributed by atoms with E-state index in [1.165, 1.54) is 7.11 Å². The number of amides is 4. The van der Waals surface area contributed by atoms with E-state index in [9.17, 15) is 28.0 Å². The number of halogens is 2. The first-order chi connectivity index (χ1) is 32.4. The number of carbonyl (C=O) groups excluding carboxylic acids is 4. The lowest BCUT2D eigenvalue weighted by atomic mass is 9.98. The first-order valence-corrected chi connectivity index (χ1v) is 23.0. The number of nitrogens with zero attached hydrogens (tertiary/aromatic N) is 4. The lowest BCUT2D eigenvalue weighted by molar-refractivity contribution is -0.140. The Labute approximate surface area is 384 Å². The minimum absolute atomic E-state index is 0.119. The fraction of sp³-hybridized carbons (Fsp3) is 0.373. The lowest BCUT2D eigenvalue weighted by Gasteiger charge is -2.29. The number of ether oxygens (including phenoxy) is 2. The van der Waals surface area contributed by atoms with Crippen molar-refractivity contribution in [1.29, 1.82) is 0 Å². The summed E-state index contributed by atoms with van der Waals surface area (Å²) in [5.74, 6) is -0.0574. The average molecular weight is 911 g/mol. The van der Waals surface area contributed by atoms with Gasteiger partial charge in [0.2, 0.25) is 17.7 Å². The van der Waals surface area contributed by atoms with Crippen LogP contribution in [0.3, 0.4) is 0 Å². The predicted octanol–water partition coefficient (Wildman–Crippen LogP) is 8.85. The predicted molar refractivity (Wildman–Crippen MR) is 249 cm³/mol. The number of alkyl carbamates (subject to hydrolysis) is 1. The maximum Gasteiger partial charge on any atom is 0.407 e. The third kappa shape index (κ3) is 8.65. The molecule has 0 spiro atoms. The average Bonchev–Trinajstić information content (AvgIpc) is 3.67. The van der Waals surface area contributed by atoms with Crippen molar-refractivity contribution in [3.05, 3.63) is 108 Å². The van der Waals surface area contributed by atoms with E-state index in [1.807, 2.05) is 55.1 Å². The van der Waals surface area contributed by atoms with Gasteiger partial charge in [-0.15, -0.1) is 0 Å². The molecule has 5 aromatic carbocycles. The van der Waals surface area contributed by atoms with E-state index in [4.69, 9.17) is 19.4 Å². The standard InChI is InChI=1S/C51H52F2N8O6/c1-27(2)41(59-51(65)66-3)48(63)60-21-7-10-39(60)45-54-37-19-15-33-23-31(13-17-35(33)43(37)56-45)32-14-18-36-34(24-32)16-20-38-44(36)57-46(55-38)40-22-28(26-67-50(52)53)25-61(40)49(64)42(29-8-5-4-6-9-29)58-47(62)30-11-12-30/h4-6,8-9,13-20,23-24,27-28,30,39-42,50H,7,10-12,21-22,25-26H2,1-3H3,(H,54,56)(H,55,57)(H,58,62)(H,59,65)/t28-,39-,40-,41?,42+/m0/s1. The zero-order chi connectivity index (χ0) is 46.5. The Hall–Kier alpha value is -6.94. The van der Waals surface area contributed by atoms with Gasteiger partial charge in [-0.25, -0.2) is 14.8 Å². The Morgan fingerprint density at radius 3 is 1.97 bits per heavy atom. The third-order valence-electron chi connectivity index (χ3n) is 13.6. The maximum absolute atomic E-state index is 14.6. The van der Waals surface area contributed by atoms with Gasteiger partial charge in [0.15, 0.2) is 0 Å². The van der Waals surface area contributed by atoms with Crippen LogP contribution >= 0.6 is 0 Å². The second kappa shape index (κ2) is 18.0. The quantitative estimate of drug-likeness (QED) is 0.0888. The first kappa shape index (κ1) is 43.9. The van der Waals surface area contributed by atoms with Crippen molar-refractivity contribution in [2.75, 3.05) is 26.8 Å². The zero-order valence-electron chi connectivity index (χ0n) is 37.4. The van der Waals surface area contributed by atoms with Crippen LogP contribution in [-0.4, -0.2) is 93.0 Å². The van der Waals surface area contributed by atoms with Crippen LogP contribution in [0.2, 0.25) is 0 Å². The Kier molecular flexibility index (Phi) is 11.8. The van der Waals surface area contributed by atoms with Crippen LogP contribution in [0.5, 0.6) is 0 Å². The second-order valence-electron chi connectivity index (χ2n) is 18.4. The lowest BCUT2D eigenvalue weighted by Crippen LogP contribution is -2.51. The molecule has 0 bridgehead atoms.